The van der Waals surface area contributed by atoms with E-state index in [1.54, 1.807) is 0 Å². The lowest BCUT2D eigenvalue weighted by atomic mass is 9.80. The Hall–Kier alpha value is -0.410. The lowest BCUT2D eigenvalue weighted by Gasteiger charge is -2.32. The molecule has 1 aromatic rings. The van der Waals surface area contributed by atoms with Gasteiger partial charge in [-0.2, -0.15) is 0 Å². The number of nitrogens with zero attached hydrogens (tertiary/aromatic N) is 1. The fourth-order valence-electron chi connectivity index (χ4n) is 1.94. The Morgan fingerprint density at radius 2 is 2.33 bits per heavy atom. The Morgan fingerprint density at radius 3 is 2.93 bits per heavy atom. The average Bonchev–Trinajstić information content (AvgIpc) is 2.12. The Balaban J connectivity index is 1.81. The number of hydrogen-bond acceptors (Lipinski definition) is 2. The predicted molar refractivity (Wildman–Crippen MR) is 65.6 cm³/mol. The number of nitrogens with one attached hydrogen (secondary N) is 1. The van der Waals surface area contributed by atoms with Crippen molar-refractivity contribution in [3.63, 3.8) is 0 Å². The zero-order valence-corrected chi connectivity index (χ0v) is 10.6. The summed E-state index contributed by atoms with van der Waals surface area (Å²) in [6.45, 7) is 3.21. The van der Waals surface area contributed by atoms with Gasteiger partial charge in [0.05, 0.1) is 0 Å². The van der Waals surface area contributed by atoms with Gasteiger partial charge in [0.25, 0.3) is 0 Å². The maximum absolute atomic E-state index is 4.15. The van der Waals surface area contributed by atoms with Gasteiger partial charge >= 0.3 is 0 Å². The molecule has 15 heavy (non-hydrogen) atoms. The van der Waals surface area contributed by atoms with Crippen LogP contribution in [0.25, 0.3) is 0 Å². The first kappa shape index (κ1) is 11.1. The summed E-state index contributed by atoms with van der Waals surface area (Å²) in [6.07, 6.45) is 7.94. The maximum atomic E-state index is 4.15. The molecule has 0 aliphatic heterocycles. The highest BCUT2D eigenvalue weighted by molar-refractivity contribution is 9.10. The van der Waals surface area contributed by atoms with Gasteiger partial charge in [-0.25, -0.2) is 0 Å². The summed E-state index contributed by atoms with van der Waals surface area (Å²) in [5, 5.41) is 3.57. The van der Waals surface area contributed by atoms with Gasteiger partial charge in [-0.3, -0.25) is 4.98 Å². The van der Waals surface area contributed by atoms with E-state index in [1.165, 1.54) is 24.8 Å². The van der Waals surface area contributed by atoms with Crippen molar-refractivity contribution in [1.82, 2.24) is 10.3 Å². The normalized spacial score (nSPS) is 18.5. The third-order valence-corrected chi connectivity index (χ3v) is 3.68. The quantitative estimate of drug-likeness (QED) is 0.908. The third kappa shape index (κ3) is 3.02. The molecular formula is C12H17BrN2. The van der Waals surface area contributed by atoms with Crippen LogP contribution < -0.4 is 5.32 Å². The molecule has 3 heteroatoms. The predicted octanol–water partition coefficient (Wildman–Crippen LogP) is 3.12. The molecule has 1 aromatic heterocycles. The zero-order valence-electron chi connectivity index (χ0n) is 9.04. The van der Waals surface area contributed by atoms with Gasteiger partial charge in [0.15, 0.2) is 0 Å². The molecule has 2 rings (SSSR count). The standard InChI is InChI=1S/C12H17BrN2/c1-9(11-3-2-4-11)15-7-10-5-12(13)8-14-6-10/h5-6,8-9,11,15H,2-4,7H2,1H3. The van der Waals surface area contributed by atoms with Crippen LogP contribution in [-0.2, 0) is 6.54 Å². The Morgan fingerprint density at radius 1 is 1.53 bits per heavy atom. The lowest BCUT2D eigenvalue weighted by Crippen LogP contribution is -2.36. The summed E-state index contributed by atoms with van der Waals surface area (Å²) in [7, 11) is 0. The van der Waals surface area contributed by atoms with Crippen molar-refractivity contribution in [3.05, 3.63) is 28.5 Å². The molecule has 1 fully saturated rings. The summed E-state index contributed by atoms with van der Waals surface area (Å²) in [4.78, 5) is 4.15. The zero-order chi connectivity index (χ0) is 10.7. The van der Waals surface area contributed by atoms with Gasteiger partial charge in [-0.1, -0.05) is 6.42 Å². The van der Waals surface area contributed by atoms with E-state index in [1.807, 2.05) is 12.4 Å². The van der Waals surface area contributed by atoms with E-state index in [-0.39, 0.29) is 0 Å². The first-order valence-corrected chi connectivity index (χ1v) is 6.38. The Kier molecular flexibility index (Phi) is 3.76. The van der Waals surface area contributed by atoms with E-state index in [0.29, 0.717) is 6.04 Å². The molecule has 2 nitrogen and oxygen atoms in total. The summed E-state index contributed by atoms with van der Waals surface area (Å²) >= 11 is 3.43. The first-order chi connectivity index (χ1) is 7.25. The van der Waals surface area contributed by atoms with Crippen LogP contribution in [0.5, 0.6) is 0 Å². The summed E-state index contributed by atoms with van der Waals surface area (Å²) in [6, 6.07) is 2.76. The van der Waals surface area contributed by atoms with Gasteiger partial charge in [0.2, 0.25) is 0 Å². The second-order valence-corrected chi connectivity index (χ2v) is 5.29. The molecule has 1 aliphatic carbocycles. The van der Waals surface area contributed by atoms with Crippen molar-refractivity contribution >= 4 is 15.9 Å². The minimum atomic E-state index is 0.637. The van der Waals surface area contributed by atoms with Crippen LogP contribution >= 0.6 is 15.9 Å². The molecular weight excluding hydrogens is 252 g/mol. The van der Waals surface area contributed by atoms with Crippen molar-refractivity contribution < 1.29 is 0 Å². The Bertz CT molecular complexity index is 323. The molecule has 0 saturated heterocycles. The molecule has 1 atom stereocenters. The van der Waals surface area contributed by atoms with Crippen LogP contribution in [0.1, 0.15) is 31.7 Å². The fraction of sp³-hybridized carbons (Fsp3) is 0.583. The van der Waals surface area contributed by atoms with Crippen molar-refractivity contribution in [1.29, 1.82) is 0 Å². The first-order valence-electron chi connectivity index (χ1n) is 5.58. The van der Waals surface area contributed by atoms with E-state index in [2.05, 4.69) is 39.2 Å². The van der Waals surface area contributed by atoms with Gasteiger partial charge in [-0.05, 0) is 53.2 Å². The number of aromatic nitrogens is 1. The minimum absolute atomic E-state index is 0.637. The highest BCUT2D eigenvalue weighted by Crippen LogP contribution is 2.29. The van der Waals surface area contributed by atoms with Gasteiger partial charge in [0, 0.05) is 29.5 Å². The van der Waals surface area contributed by atoms with Crippen molar-refractivity contribution in [2.45, 2.75) is 38.8 Å². The van der Waals surface area contributed by atoms with Crippen molar-refractivity contribution in [2.75, 3.05) is 0 Å². The molecule has 1 N–H and O–H groups in total. The average molecular weight is 269 g/mol. The van der Waals surface area contributed by atoms with Crippen molar-refractivity contribution in [3.8, 4) is 0 Å². The third-order valence-electron chi connectivity index (χ3n) is 3.25. The molecule has 1 saturated carbocycles. The summed E-state index contributed by atoms with van der Waals surface area (Å²) in [5.41, 5.74) is 1.25. The topological polar surface area (TPSA) is 24.9 Å². The lowest BCUT2D eigenvalue weighted by molar-refractivity contribution is 0.240. The molecule has 1 unspecified atom stereocenters. The minimum Gasteiger partial charge on any atom is -0.310 e. The molecule has 0 radical (unpaired) electrons. The van der Waals surface area contributed by atoms with Crippen LogP contribution in [0.3, 0.4) is 0 Å². The van der Waals surface area contributed by atoms with Gasteiger partial charge < -0.3 is 5.32 Å². The summed E-state index contributed by atoms with van der Waals surface area (Å²) in [5.74, 6) is 0.894. The van der Waals surface area contributed by atoms with Crippen LogP contribution in [0.15, 0.2) is 22.9 Å². The van der Waals surface area contributed by atoms with E-state index in [0.717, 1.165) is 16.9 Å². The monoisotopic (exact) mass is 268 g/mol. The molecule has 1 aliphatic rings. The van der Waals surface area contributed by atoms with Crippen LogP contribution in [0.2, 0.25) is 0 Å². The maximum Gasteiger partial charge on any atom is 0.0410 e. The van der Waals surface area contributed by atoms with Crippen molar-refractivity contribution in [2.24, 2.45) is 5.92 Å². The van der Waals surface area contributed by atoms with Crippen LogP contribution in [-0.4, -0.2) is 11.0 Å². The highest BCUT2D eigenvalue weighted by atomic mass is 79.9. The molecule has 1 heterocycles. The summed E-state index contributed by atoms with van der Waals surface area (Å²) < 4.78 is 1.05. The SMILES string of the molecule is CC(NCc1cncc(Br)c1)C1CCC1. The fourth-order valence-corrected chi connectivity index (χ4v) is 2.35. The van der Waals surface area contributed by atoms with Gasteiger partial charge in [0.1, 0.15) is 0 Å². The highest BCUT2D eigenvalue weighted by Gasteiger charge is 2.23. The van der Waals surface area contributed by atoms with E-state index in [9.17, 15) is 0 Å². The second-order valence-electron chi connectivity index (χ2n) is 4.37. The Labute approximate surface area is 99.6 Å². The second kappa shape index (κ2) is 5.08. The molecule has 0 spiro atoms. The van der Waals surface area contributed by atoms with E-state index in [4.69, 9.17) is 0 Å². The number of pyridine rings is 1. The largest absolute Gasteiger partial charge is 0.310 e. The van der Waals surface area contributed by atoms with E-state index >= 15 is 0 Å². The molecule has 0 bridgehead atoms. The van der Waals surface area contributed by atoms with E-state index < -0.39 is 0 Å². The van der Waals surface area contributed by atoms with Gasteiger partial charge in [-0.15, -0.1) is 0 Å². The molecule has 0 aromatic carbocycles. The van der Waals surface area contributed by atoms with Crippen LogP contribution in [0, 0.1) is 5.92 Å². The number of halogens is 1. The number of rotatable bonds is 4. The van der Waals surface area contributed by atoms with Crippen LogP contribution in [0.4, 0.5) is 0 Å². The molecule has 82 valence electrons. The smallest absolute Gasteiger partial charge is 0.0410 e. The molecule has 0 amide bonds. The number of hydrogen-bond donors (Lipinski definition) is 1.